The molecule has 0 amide bonds. The van der Waals surface area contributed by atoms with Crippen LogP contribution in [0, 0.1) is 5.92 Å². The summed E-state index contributed by atoms with van der Waals surface area (Å²) in [4.78, 5) is 10.3. The molecule has 3 fully saturated rings. The Kier molecular flexibility index (Phi) is 5.29. The predicted molar refractivity (Wildman–Crippen MR) is 80.9 cm³/mol. The average Bonchev–Trinajstić information content (AvgIpc) is 2.88. The van der Waals surface area contributed by atoms with E-state index in [1.165, 1.54) is 52.2 Å². The van der Waals surface area contributed by atoms with Gasteiger partial charge in [-0.1, -0.05) is 0 Å². The molecule has 3 heterocycles. The molecule has 5 nitrogen and oxygen atoms in total. The second kappa shape index (κ2) is 7.18. The molecular formula is C15H30N4O. The highest BCUT2D eigenvalue weighted by Crippen LogP contribution is 2.16. The van der Waals surface area contributed by atoms with E-state index in [0.29, 0.717) is 0 Å². The molecule has 0 saturated carbocycles. The summed E-state index contributed by atoms with van der Waals surface area (Å²) in [6.45, 7) is 14.1. The van der Waals surface area contributed by atoms with E-state index in [1.807, 2.05) is 0 Å². The first-order valence-electron chi connectivity index (χ1n) is 8.23. The van der Waals surface area contributed by atoms with Gasteiger partial charge in [-0.05, 0) is 25.9 Å². The van der Waals surface area contributed by atoms with E-state index in [2.05, 4.69) is 26.6 Å². The van der Waals surface area contributed by atoms with Crippen molar-refractivity contribution in [1.29, 1.82) is 0 Å². The standard InChI is InChI=1S/C15H30N4O/c1-16-3-2-15(12-16)13-17-4-6-18(7-5-17)14-19-8-10-20-11-9-19/h15H,2-14H2,1H3. The monoisotopic (exact) mass is 282 g/mol. The maximum Gasteiger partial charge on any atom is 0.0594 e. The van der Waals surface area contributed by atoms with E-state index >= 15 is 0 Å². The number of piperazine rings is 1. The van der Waals surface area contributed by atoms with Crippen LogP contribution in [0.1, 0.15) is 6.42 Å². The third-order valence-electron chi connectivity index (χ3n) is 4.97. The lowest BCUT2D eigenvalue weighted by Crippen LogP contribution is -2.52. The molecule has 0 aromatic rings. The summed E-state index contributed by atoms with van der Waals surface area (Å²) in [6, 6.07) is 0. The summed E-state index contributed by atoms with van der Waals surface area (Å²) in [5.74, 6) is 0.908. The lowest BCUT2D eigenvalue weighted by molar-refractivity contribution is -0.00203. The Balaban J connectivity index is 1.34. The van der Waals surface area contributed by atoms with Gasteiger partial charge in [0.1, 0.15) is 0 Å². The highest BCUT2D eigenvalue weighted by atomic mass is 16.5. The maximum atomic E-state index is 5.42. The number of nitrogens with zero attached hydrogens (tertiary/aromatic N) is 4. The molecule has 0 spiro atoms. The van der Waals surface area contributed by atoms with E-state index in [4.69, 9.17) is 4.74 Å². The van der Waals surface area contributed by atoms with Gasteiger partial charge in [-0.15, -0.1) is 0 Å². The van der Waals surface area contributed by atoms with E-state index < -0.39 is 0 Å². The molecule has 116 valence electrons. The van der Waals surface area contributed by atoms with Crippen molar-refractivity contribution in [2.45, 2.75) is 6.42 Å². The topological polar surface area (TPSA) is 22.2 Å². The summed E-state index contributed by atoms with van der Waals surface area (Å²) in [5.41, 5.74) is 0. The summed E-state index contributed by atoms with van der Waals surface area (Å²) < 4.78 is 5.42. The van der Waals surface area contributed by atoms with E-state index in [0.717, 1.165) is 38.9 Å². The van der Waals surface area contributed by atoms with Crippen molar-refractivity contribution >= 4 is 0 Å². The molecule has 20 heavy (non-hydrogen) atoms. The van der Waals surface area contributed by atoms with Gasteiger partial charge in [0.25, 0.3) is 0 Å². The molecular weight excluding hydrogens is 252 g/mol. The minimum atomic E-state index is 0.908. The van der Waals surface area contributed by atoms with Gasteiger partial charge in [-0.2, -0.15) is 0 Å². The molecule has 0 aliphatic carbocycles. The van der Waals surface area contributed by atoms with E-state index in [1.54, 1.807) is 0 Å². The Morgan fingerprint density at radius 1 is 0.850 bits per heavy atom. The molecule has 1 atom stereocenters. The third kappa shape index (κ3) is 4.15. The molecule has 0 radical (unpaired) electrons. The van der Waals surface area contributed by atoms with Crippen molar-refractivity contribution in [1.82, 2.24) is 19.6 Å². The summed E-state index contributed by atoms with van der Waals surface area (Å²) in [7, 11) is 2.25. The number of hydrogen-bond donors (Lipinski definition) is 0. The van der Waals surface area contributed by atoms with Gasteiger partial charge >= 0.3 is 0 Å². The van der Waals surface area contributed by atoms with E-state index in [9.17, 15) is 0 Å². The Hall–Kier alpha value is -0.200. The third-order valence-corrected chi connectivity index (χ3v) is 4.97. The van der Waals surface area contributed by atoms with E-state index in [-0.39, 0.29) is 0 Å². The largest absolute Gasteiger partial charge is 0.379 e. The number of hydrogen-bond acceptors (Lipinski definition) is 5. The second-order valence-electron chi connectivity index (χ2n) is 6.71. The molecule has 3 aliphatic heterocycles. The molecule has 3 saturated heterocycles. The highest BCUT2D eigenvalue weighted by molar-refractivity contribution is 4.79. The Bertz CT molecular complexity index is 273. The van der Waals surface area contributed by atoms with Crippen LogP contribution in [0.3, 0.4) is 0 Å². The zero-order valence-corrected chi connectivity index (χ0v) is 13.0. The maximum absolute atomic E-state index is 5.42. The van der Waals surface area contributed by atoms with Crippen molar-refractivity contribution in [3.63, 3.8) is 0 Å². The van der Waals surface area contributed by atoms with Gasteiger partial charge in [-0.25, -0.2) is 0 Å². The minimum absolute atomic E-state index is 0.908. The van der Waals surface area contributed by atoms with Crippen LogP contribution < -0.4 is 0 Å². The smallest absolute Gasteiger partial charge is 0.0594 e. The van der Waals surface area contributed by atoms with Crippen LogP contribution in [-0.2, 0) is 4.74 Å². The normalized spacial score (nSPS) is 31.9. The minimum Gasteiger partial charge on any atom is -0.379 e. The van der Waals surface area contributed by atoms with Gasteiger partial charge in [0.15, 0.2) is 0 Å². The van der Waals surface area contributed by atoms with Gasteiger partial charge < -0.3 is 14.5 Å². The highest BCUT2D eigenvalue weighted by Gasteiger charge is 2.25. The van der Waals surface area contributed by atoms with Crippen LogP contribution in [0.2, 0.25) is 0 Å². The van der Waals surface area contributed by atoms with Crippen molar-refractivity contribution in [3.05, 3.63) is 0 Å². The quantitative estimate of drug-likeness (QED) is 0.713. The predicted octanol–water partition coefficient (Wildman–Crippen LogP) is -0.155. The van der Waals surface area contributed by atoms with Crippen molar-refractivity contribution in [2.75, 3.05) is 85.8 Å². The van der Waals surface area contributed by atoms with Crippen molar-refractivity contribution in [2.24, 2.45) is 5.92 Å². The Morgan fingerprint density at radius 3 is 2.15 bits per heavy atom. The summed E-state index contributed by atoms with van der Waals surface area (Å²) in [5, 5.41) is 0. The first-order valence-corrected chi connectivity index (χ1v) is 8.23. The number of ether oxygens (including phenoxy) is 1. The first kappa shape index (κ1) is 14.7. The van der Waals surface area contributed by atoms with Crippen LogP contribution >= 0.6 is 0 Å². The molecule has 0 bridgehead atoms. The van der Waals surface area contributed by atoms with Gasteiger partial charge in [0.2, 0.25) is 0 Å². The summed E-state index contributed by atoms with van der Waals surface area (Å²) >= 11 is 0. The molecule has 5 heteroatoms. The van der Waals surface area contributed by atoms with Crippen LogP contribution in [-0.4, -0.2) is 105 Å². The molecule has 1 unspecified atom stereocenters. The van der Waals surface area contributed by atoms with Crippen molar-refractivity contribution in [3.8, 4) is 0 Å². The SMILES string of the molecule is CN1CCC(CN2CCN(CN3CCOCC3)CC2)C1. The van der Waals surface area contributed by atoms with Gasteiger partial charge in [0.05, 0.1) is 19.9 Å². The number of rotatable bonds is 4. The molecule has 0 aromatic carbocycles. The fourth-order valence-electron chi connectivity index (χ4n) is 3.68. The number of morpholine rings is 1. The van der Waals surface area contributed by atoms with Crippen LogP contribution in [0.4, 0.5) is 0 Å². The zero-order valence-electron chi connectivity index (χ0n) is 13.0. The van der Waals surface area contributed by atoms with Crippen LogP contribution in [0.5, 0.6) is 0 Å². The Morgan fingerprint density at radius 2 is 1.50 bits per heavy atom. The van der Waals surface area contributed by atoms with Crippen LogP contribution in [0.15, 0.2) is 0 Å². The van der Waals surface area contributed by atoms with Crippen molar-refractivity contribution < 1.29 is 4.74 Å². The van der Waals surface area contributed by atoms with Gasteiger partial charge in [-0.3, -0.25) is 9.80 Å². The van der Waals surface area contributed by atoms with Gasteiger partial charge in [0, 0.05) is 52.4 Å². The average molecular weight is 282 g/mol. The molecule has 0 N–H and O–H groups in total. The lowest BCUT2D eigenvalue weighted by Gasteiger charge is -2.39. The second-order valence-corrected chi connectivity index (χ2v) is 6.71. The first-order chi connectivity index (χ1) is 9.79. The van der Waals surface area contributed by atoms with Crippen LogP contribution in [0.25, 0.3) is 0 Å². The lowest BCUT2D eigenvalue weighted by atomic mass is 10.1. The number of likely N-dealkylation sites (tertiary alicyclic amines) is 1. The Labute approximate surface area is 123 Å². The zero-order chi connectivity index (χ0) is 13.8. The fraction of sp³-hybridized carbons (Fsp3) is 1.00. The fourth-order valence-corrected chi connectivity index (χ4v) is 3.68. The molecule has 0 aromatic heterocycles. The summed E-state index contributed by atoms with van der Waals surface area (Å²) in [6.07, 6.45) is 1.39. The molecule has 3 aliphatic rings. The molecule has 3 rings (SSSR count).